The minimum Gasteiger partial charge on any atom is -0.497 e. The Morgan fingerprint density at radius 3 is 2.53 bits per heavy atom. The fourth-order valence-electron chi connectivity index (χ4n) is 4.46. The first kappa shape index (κ1) is 32.3. The van der Waals surface area contributed by atoms with Crippen LogP contribution >= 0.6 is 22.9 Å². The number of rotatable bonds is 9. The molecule has 0 radical (unpaired) electrons. The SMILES string of the molecule is COc1ccc(CNS(=O)(=O)c2ccnc(-c3cccc4cc(C(N)c5nc(NC(=O)OC(C)(C)C)ccc5Cl)sc34)c2)cc1. The number of thiophene rings is 1. The number of carbonyl (C=O) groups excluding carboxylic acids is 1. The van der Waals surface area contributed by atoms with Crippen molar-refractivity contribution in [3.8, 4) is 17.0 Å². The quantitative estimate of drug-likeness (QED) is 0.154. The second kappa shape index (κ2) is 13.1. The summed E-state index contributed by atoms with van der Waals surface area (Å²) in [7, 11) is -2.26. The Hall–Kier alpha value is -4.07. The summed E-state index contributed by atoms with van der Waals surface area (Å²) in [5, 5.41) is 3.86. The van der Waals surface area contributed by atoms with Gasteiger partial charge in [0, 0.05) is 27.9 Å². The molecule has 234 valence electrons. The molecule has 10 nitrogen and oxygen atoms in total. The van der Waals surface area contributed by atoms with Gasteiger partial charge in [-0.05, 0) is 74.2 Å². The van der Waals surface area contributed by atoms with E-state index in [1.807, 2.05) is 24.3 Å². The van der Waals surface area contributed by atoms with Crippen LogP contribution in [-0.4, -0.2) is 37.2 Å². The van der Waals surface area contributed by atoms with Crippen LogP contribution < -0.4 is 20.5 Å². The van der Waals surface area contributed by atoms with E-state index >= 15 is 0 Å². The zero-order valence-electron chi connectivity index (χ0n) is 25.0. The number of methoxy groups -OCH3 is 1. The Kier molecular flexibility index (Phi) is 9.42. The lowest BCUT2D eigenvalue weighted by atomic mass is 10.1. The van der Waals surface area contributed by atoms with Crippen LogP contribution in [0.4, 0.5) is 10.6 Å². The molecule has 0 aliphatic carbocycles. The van der Waals surface area contributed by atoms with Gasteiger partial charge in [0.15, 0.2) is 0 Å². The van der Waals surface area contributed by atoms with Crippen molar-refractivity contribution in [3.63, 3.8) is 0 Å². The first-order valence-corrected chi connectivity index (χ1v) is 16.5. The molecule has 0 fully saturated rings. The Labute approximate surface area is 270 Å². The molecule has 3 aromatic heterocycles. The van der Waals surface area contributed by atoms with Gasteiger partial charge in [-0.25, -0.2) is 22.9 Å². The van der Waals surface area contributed by atoms with Gasteiger partial charge >= 0.3 is 6.09 Å². The number of nitrogens with two attached hydrogens (primary N) is 1. The number of fused-ring (bicyclic) bond motifs is 1. The lowest BCUT2D eigenvalue weighted by Crippen LogP contribution is -2.27. The number of carbonyl (C=O) groups is 1. The van der Waals surface area contributed by atoms with Crippen molar-refractivity contribution in [2.45, 2.75) is 43.9 Å². The van der Waals surface area contributed by atoms with E-state index in [4.69, 9.17) is 26.8 Å². The lowest BCUT2D eigenvalue weighted by Gasteiger charge is -2.20. The van der Waals surface area contributed by atoms with Crippen molar-refractivity contribution in [1.82, 2.24) is 14.7 Å². The molecular formula is C32H32ClN5O5S2. The number of anilines is 1. The molecule has 3 heterocycles. The molecule has 0 aliphatic heterocycles. The molecule has 4 N–H and O–H groups in total. The Balaban J connectivity index is 1.40. The molecule has 5 aromatic rings. The second-order valence-electron chi connectivity index (χ2n) is 11.1. The van der Waals surface area contributed by atoms with E-state index in [1.54, 1.807) is 70.3 Å². The van der Waals surface area contributed by atoms with Gasteiger partial charge in [0.2, 0.25) is 10.0 Å². The molecule has 0 saturated heterocycles. The van der Waals surface area contributed by atoms with Crippen LogP contribution in [-0.2, 0) is 21.3 Å². The molecule has 0 bridgehead atoms. The molecule has 1 atom stereocenters. The third-order valence-electron chi connectivity index (χ3n) is 6.61. The van der Waals surface area contributed by atoms with Crippen molar-refractivity contribution >= 4 is 55.0 Å². The van der Waals surface area contributed by atoms with Crippen LogP contribution in [0.2, 0.25) is 5.02 Å². The first-order valence-electron chi connectivity index (χ1n) is 13.9. The number of nitrogens with zero attached hydrogens (tertiary/aromatic N) is 2. The van der Waals surface area contributed by atoms with E-state index in [0.29, 0.717) is 22.2 Å². The van der Waals surface area contributed by atoms with Crippen molar-refractivity contribution in [3.05, 3.63) is 100 Å². The smallest absolute Gasteiger partial charge is 0.413 e. The molecule has 0 saturated carbocycles. The standard InChI is InChI=1S/C32H32ClN5O5S2/c1-32(2,3)43-31(39)38-27-13-12-24(33)29(37-27)28(34)26-16-20-6-5-7-23(30(20)44-26)25-17-22(14-15-35-25)45(40,41)36-18-19-8-10-21(42-4)11-9-19/h5-17,28,36H,18,34H2,1-4H3,(H,37,38,39). The number of ether oxygens (including phenoxy) is 2. The van der Waals surface area contributed by atoms with Gasteiger partial charge < -0.3 is 15.2 Å². The van der Waals surface area contributed by atoms with Gasteiger partial charge in [-0.15, -0.1) is 11.3 Å². The predicted molar refractivity (Wildman–Crippen MR) is 177 cm³/mol. The van der Waals surface area contributed by atoms with Gasteiger partial charge in [0.05, 0.1) is 34.5 Å². The highest BCUT2D eigenvalue weighted by atomic mass is 35.5. The topological polar surface area (TPSA) is 146 Å². The van der Waals surface area contributed by atoms with E-state index in [-0.39, 0.29) is 17.3 Å². The molecule has 45 heavy (non-hydrogen) atoms. The van der Waals surface area contributed by atoms with Gasteiger partial charge in [-0.1, -0.05) is 41.9 Å². The van der Waals surface area contributed by atoms with Crippen molar-refractivity contribution in [2.75, 3.05) is 12.4 Å². The van der Waals surface area contributed by atoms with E-state index in [0.717, 1.165) is 26.1 Å². The third-order valence-corrected chi connectivity index (χ3v) is 9.60. The van der Waals surface area contributed by atoms with Gasteiger partial charge in [0.1, 0.15) is 17.2 Å². The van der Waals surface area contributed by atoms with Crippen LogP contribution in [0.1, 0.15) is 42.9 Å². The Morgan fingerprint density at radius 1 is 1.07 bits per heavy atom. The highest BCUT2D eigenvalue weighted by Crippen LogP contribution is 2.39. The number of hydrogen-bond donors (Lipinski definition) is 3. The number of hydrogen-bond acceptors (Lipinski definition) is 9. The van der Waals surface area contributed by atoms with E-state index in [1.165, 1.54) is 23.6 Å². The summed E-state index contributed by atoms with van der Waals surface area (Å²) in [5.41, 5.74) is 8.41. The van der Waals surface area contributed by atoms with Crippen molar-refractivity contribution in [2.24, 2.45) is 5.73 Å². The minimum atomic E-state index is -3.83. The highest BCUT2D eigenvalue weighted by molar-refractivity contribution is 7.89. The zero-order chi connectivity index (χ0) is 32.4. The summed E-state index contributed by atoms with van der Waals surface area (Å²) >= 11 is 7.92. The van der Waals surface area contributed by atoms with Gasteiger partial charge in [0.25, 0.3) is 0 Å². The third kappa shape index (κ3) is 7.78. The predicted octanol–water partition coefficient (Wildman–Crippen LogP) is 6.89. The van der Waals surface area contributed by atoms with Crippen LogP contribution in [0.15, 0.2) is 83.9 Å². The average Bonchev–Trinajstić information content (AvgIpc) is 3.45. The number of nitrogens with one attached hydrogen (secondary N) is 2. The number of halogens is 1. The molecule has 0 aliphatic rings. The summed E-state index contributed by atoms with van der Waals surface area (Å²) in [5.74, 6) is 0.944. The Bertz CT molecular complexity index is 1960. The van der Waals surface area contributed by atoms with Crippen molar-refractivity contribution < 1.29 is 22.7 Å². The molecule has 2 aromatic carbocycles. The van der Waals surface area contributed by atoms with Gasteiger partial charge in [-0.3, -0.25) is 10.3 Å². The first-order chi connectivity index (χ1) is 21.3. The normalized spacial score (nSPS) is 12.6. The lowest BCUT2D eigenvalue weighted by molar-refractivity contribution is 0.0635. The summed E-state index contributed by atoms with van der Waals surface area (Å²) in [4.78, 5) is 22.1. The monoisotopic (exact) mass is 665 g/mol. The largest absolute Gasteiger partial charge is 0.497 e. The number of aromatic nitrogens is 2. The maximum absolute atomic E-state index is 13.2. The van der Waals surface area contributed by atoms with Crippen LogP contribution in [0.5, 0.6) is 5.75 Å². The molecule has 13 heteroatoms. The number of sulfonamides is 1. The number of benzene rings is 2. The maximum atomic E-state index is 13.2. The molecule has 1 unspecified atom stereocenters. The Morgan fingerprint density at radius 2 is 1.82 bits per heavy atom. The van der Waals surface area contributed by atoms with Crippen LogP contribution in [0, 0.1) is 0 Å². The fourth-order valence-corrected chi connectivity index (χ4v) is 6.90. The number of pyridine rings is 2. The fraction of sp³-hybridized carbons (Fsp3) is 0.219. The maximum Gasteiger partial charge on any atom is 0.413 e. The molecule has 5 rings (SSSR count). The van der Waals surface area contributed by atoms with E-state index in [9.17, 15) is 13.2 Å². The summed E-state index contributed by atoms with van der Waals surface area (Å²) < 4.78 is 40.4. The zero-order valence-corrected chi connectivity index (χ0v) is 27.4. The van der Waals surface area contributed by atoms with Crippen LogP contribution in [0.3, 0.4) is 0 Å². The minimum absolute atomic E-state index is 0.0942. The van der Waals surface area contributed by atoms with Gasteiger partial charge in [-0.2, -0.15) is 0 Å². The van der Waals surface area contributed by atoms with E-state index in [2.05, 4.69) is 20.0 Å². The second-order valence-corrected chi connectivity index (χ2v) is 14.3. The number of amides is 1. The average molecular weight is 666 g/mol. The molecular weight excluding hydrogens is 634 g/mol. The van der Waals surface area contributed by atoms with E-state index < -0.39 is 27.8 Å². The molecule has 1 amide bonds. The summed E-state index contributed by atoms with van der Waals surface area (Å²) in [6.07, 6.45) is 0.833. The van der Waals surface area contributed by atoms with Crippen LogP contribution in [0.25, 0.3) is 21.3 Å². The van der Waals surface area contributed by atoms with Crippen molar-refractivity contribution in [1.29, 1.82) is 0 Å². The highest BCUT2D eigenvalue weighted by Gasteiger charge is 2.22. The molecule has 0 spiro atoms. The summed E-state index contributed by atoms with van der Waals surface area (Å²) in [6, 6.07) is 20.3. The summed E-state index contributed by atoms with van der Waals surface area (Å²) in [6.45, 7) is 5.43.